The number of methoxy groups -OCH3 is 1. The monoisotopic (exact) mass is 397 g/mol. The van der Waals surface area contributed by atoms with E-state index >= 15 is 0 Å². The molecule has 8 heteroatoms. The summed E-state index contributed by atoms with van der Waals surface area (Å²) in [5, 5.41) is 9.02. The lowest BCUT2D eigenvalue weighted by atomic mass is 10.1. The van der Waals surface area contributed by atoms with Crippen molar-refractivity contribution in [2.75, 3.05) is 33.3 Å². The highest BCUT2D eigenvalue weighted by molar-refractivity contribution is 5.96. The van der Waals surface area contributed by atoms with E-state index in [0.717, 1.165) is 11.3 Å². The van der Waals surface area contributed by atoms with Gasteiger partial charge in [0.1, 0.15) is 11.4 Å². The molecule has 1 aromatic heterocycles. The lowest BCUT2D eigenvalue weighted by Crippen LogP contribution is -2.50. The van der Waals surface area contributed by atoms with Gasteiger partial charge < -0.3 is 19.6 Å². The van der Waals surface area contributed by atoms with Crippen molar-refractivity contribution in [1.29, 1.82) is 0 Å². The van der Waals surface area contributed by atoms with Gasteiger partial charge in [0.2, 0.25) is 5.91 Å². The normalized spacial score (nSPS) is 13.8. The number of carboxylic acid groups (broad SMARTS) is 1. The molecule has 3 rings (SSSR count). The first-order chi connectivity index (χ1) is 14.0. The van der Waals surface area contributed by atoms with Crippen LogP contribution in [0.15, 0.2) is 42.6 Å². The van der Waals surface area contributed by atoms with E-state index in [4.69, 9.17) is 9.84 Å². The van der Waals surface area contributed by atoms with E-state index < -0.39 is 5.97 Å². The van der Waals surface area contributed by atoms with E-state index in [1.165, 1.54) is 18.3 Å². The molecule has 0 bridgehead atoms. The number of aryl methyl sites for hydroxylation is 1. The predicted octanol–water partition coefficient (Wildman–Crippen LogP) is 1.71. The SMILES string of the molecule is COc1ccc(CCC(=O)N2CCN(C(=O)c3ccnc(C(=O)O)c3)CC2)cc1. The van der Waals surface area contributed by atoms with Crippen LogP contribution >= 0.6 is 0 Å². The second-order valence-corrected chi connectivity index (χ2v) is 6.76. The molecule has 8 nitrogen and oxygen atoms in total. The summed E-state index contributed by atoms with van der Waals surface area (Å²) >= 11 is 0. The first kappa shape index (κ1) is 20.3. The standard InChI is InChI=1S/C21H23N3O5/c1-29-17-5-2-15(3-6-17)4-7-19(25)23-10-12-24(13-11-23)20(26)16-8-9-22-18(14-16)21(27)28/h2-3,5-6,8-9,14H,4,7,10-13H2,1H3,(H,27,28). The van der Waals surface area contributed by atoms with Crippen LogP contribution in [0, 0.1) is 0 Å². The molecular weight excluding hydrogens is 374 g/mol. The van der Waals surface area contributed by atoms with Crippen molar-refractivity contribution in [1.82, 2.24) is 14.8 Å². The maximum Gasteiger partial charge on any atom is 0.354 e. The highest BCUT2D eigenvalue weighted by atomic mass is 16.5. The van der Waals surface area contributed by atoms with Gasteiger partial charge in [-0.1, -0.05) is 12.1 Å². The fourth-order valence-electron chi connectivity index (χ4n) is 3.22. The number of pyridine rings is 1. The van der Waals surface area contributed by atoms with Gasteiger partial charge in [-0.3, -0.25) is 9.59 Å². The van der Waals surface area contributed by atoms with Crippen LogP contribution < -0.4 is 4.74 Å². The lowest BCUT2D eigenvalue weighted by molar-refractivity contribution is -0.132. The molecule has 152 valence electrons. The number of carbonyl (C=O) groups excluding carboxylic acids is 2. The zero-order chi connectivity index (χ0) is 20.8. The summed E-state index contributed by atoms with van der Waals surface area (Å²) in [4.78, 5) is 43.2. The van der Waals surface area contributed by atoms with Gasteiger partial charge >= 0.3 is 5.97 Å². The van der Waals surface area contributed by atoms with Gasteiger partial charge in [-0.05, 0) is 36.2 Å². The first-order valence-electron chi connectivity index (χ1n) is 9.37. The average Bonchev–Trinajstić information content (AvgIpc) is 2.77. The highest BCUT2D eigenvalue weighted by Crippen LogP contribution is 2.14. The molecule has 1 aromatic carbocycles. The smallest absolute Gasteiger partial charge is 0.354 e. The quantitative estimate of drug-likeness (QED) is 0.797. The number of aromatic carboxylic acids is 1. The minimum Gasteiger partial charge on any atom is -0.497 e. The summed E-state index contributed by atoms with van der Waals surface area (Å²) < 4.78 is 5.13. The Hall–Kier alpha value is -3.42. The molecule has 2 aromatic rings. The highest BCUT2D eigenvalue weighted by Gasteiger charge is 2.25. The van der Waals surface area contributed by atoms with Gasteiger partial charge in [-0.15, -0.1) is 0 Å². The summed E-state index contributed by atoms with van der Waals surface area (Å²) in [6.45, 7) is 1.75. The largest absolute Gasteiger partial charge is 0.497 e. The van der Waals surface area contributed by atoms with Crippen LogP contribution in [0.1, 0.15) is 32.8 Å². The molecule has 1 N–H and O–H groups in total. The molecule has 29 heavy (non-hydrogen) atoms. The number of hydrogen-bond donors (Lipinski definition) is 1. The first-order valence-corrected chi connectivity index (χ1v) is 9.37. The third-order valence-corrected chi connectivity index (χ3v) is 4.93. The topological polar surface area (TPSA) is 100 Å². The molecule has 0 aliphatic carbocycles. The second kappa shape index (κ2) is 9.18. The van der Waals surface area contributed by atoms with Gasteiger partial charge in [-0.25, -0.2) is 9.78 Å². The number of nitrogens with zero attached hydrogens (tertiary/aromatic N) is 3. The van der Waals surface area contributed by atoms with Gasteiger partial charge in [0.15, 0.2) is 0 Å². The van der Waals surface area contributed by atoms with Crippen LogP contribution in [-0.4, -0.2) is 71.0 Å². The Balaban J connectivity index is 1.50. The summed E-state index contributed by atoms with van der Waals surface area (Å²) in [5.74, 6) is -0.581. The Labute approximate surface area is 168 Å². The molecule has 0 atom stereocenters. The van der Waals surface area contributed by atoms with Gasteiger partial charge in [0.05, 0.1) is 7.11 Å². The molecule has 1 aliphatic heterocycles. The van der Waals surface area contributed by atoms with Gasteiger partial charge in [0, 0.05) is 44.4 Å². The number of piperazine rings is 1. The van der Waals surface area contributed by atoms with Crippen molar-refractivity contribution in [2.45, 2.75) is 12.8 Å². The number of amides is 2. The number of hydrogen-bond acceptors (Lipinski definition) is 5. The Morgan fingerprint density at radius 3 is 2.31 bits per heavy atom. The molecule has 1 aliphatic rings. The summed E-state index contributed by atoms with van der Waals surface area (Å²) in [7, 11) is 1.61. The Morgan fingerprint density at radius 1 is 1.03 bits per heavy atom. The van der Waals surface area contributed by atoms with E-state index in [0.29, 0.717) is 39.0 Å². The van der Waals surface area contributed by atoms with Crippen molar-refractivity contribution >= 4 is 17.8 Å². The number of carboxylic acids is 1. The maximum atomic E-state index is 12.6. The summed E-state index contributed by atoms with van der Waals surface area (Å²) in [6, 6.07) is 10.4. The third kappa shape index (κ3) is 5.10. The second-order valence-electron chi connectivity index (χ2n) is 6.76. The van der Waals surface area contributed by atoms with Crippen molar-refractivity contribution in [3.63, 3.8) is 0 Å². The lowest BCUT2D eigenvalue weighted by Gasteiger charge is -2.35. The summed E-state index contributed by atoms with van der Waals surface area (Å²) in [5.41, 5.74) is 1.19. The summed E-state index contributed by atoms with van der Waals surface area (Å²) in [6.07, 6.45) is 2.37. The van der Waals surface area contributed by atoms with E-state index in [1.807, 2.05) is 24.3 Å². The molecular formula is C21H23N3O5. The van der Waals surface area contributed by atoms with E-state index in [-0.39, 0.29) is 23.1 Å². The van der Waals surface area contributed by atoms with E-state index in [1.54, 1.807) is 16.9 Å². The van der Waals surface area contributed by atoms with Gasteiger partial charge in [0.25, 0.3) is 5.91 Å². The van der Waals surface area contributed by atoms with Crippen molar-refractivity contribution in [3.05, 3.63) is 59.4 Å². The number of aromatic nitrogens is 1. The molecule has 2 heterocycles. The molecule has 0 radical (unpaired) electrons. The predicted molar refractivity (Wildman–Crippen MR) is 105 cm³/mol. The molecule has 0 saturated carbocycles. The Morgan fingerprint density at radius 2 is 1.69 bits per heavy atom. The maximum absolute atomic E-state index is 12.6. The van der Waals surface area contributed by atoms with Crippen molar-refractivity contribution in [3.8, 4) is 5.75 Å². The number of benzene rings is 1. The van der Waals surface area contributed by atoms with Crippen LogP contribution in [0.3, 0.4) is 0 Å². The third-order valence-electron chi connectivity index (χ3n) is 4.93. The average molecular weight is 397 g/mol. The number of ether oxygens (including phenoxy) is 1. The minimum absolute atomic E-state index is 0.0602. The van der Waals surface area contributed by atoms with Crippen LogP contribution in [0.2, 0.25) is 0 Å². The fraction of sp³-hybridized carbons (Fsp3) is 0.333. The molecule has 0 spiro atoms. The number of rotatable bonds is 6. The van der Waals surface area contributed by atoms with Crippen LogP contribution in [-0.2, 0) is 11.2 Å². The zero-order valence-corrected chi connectivity index (χ0v) is 16.2. The molecule has 1 fully saturated rings. The Kier molecular flexibility index (Phi) is 6.43. The van der Waals surface area contributed by atoms with E-state index in [9.17, 15) is 14.4 Å². The van der Waals surface area contributed by atoms with Crippen molar-refractivity contribution in [2.24, 2.45) is 0 Å². The molecule has 1 saturated heterocycles. The molecule has 2 amide bonds. The Bertz CT molecular complexity index is 889. The van der Waals surface area contributed by atoms with Crippen molar-refractivity contribution < 1.29 is 24.2 Å². The zero-order valence-electron chi connectivity index (χ0n) is 16.2. The van der Waals surface area contributed by atoms with Crippen LogP contribution in [0.4, 0.5) is 0 Å². The van der Waals surface area contributed by atoms with E-state index in [2.05, 4.69) is 4.98 Å². The van der Waals surface area contributed by atoms with Gasteiger partial charge in [-0.2, -0.15) is 0 Å². The fourth-order valence-corrected chi connectivity index (χ4v) is 3.22. The molecule has 0 unspecified atom stereocenters. The van der Waals surface area contributed by atoms with Crippen LogP contribution in [0.25, 0.3) is 0 Å². The van der Waals surface area contributed by atoms with Crippen LogP contribution in [0.5, 0.6) is 5.75 Å². The minimum atomic E-state index is -1.17. The number of carbonyl (C=O) groups is 3.